The fraction of sp³-hybridized carbons (Fsp3) is 0.444. The molecule has 1 heterocycles. The lowest BCUT2D eigenvalue weighted by Crippen LogP contribution is -2.46. The molecule has 1 saturated carbocycles. The second kappa shape index (κ2) is 5.41. The number of aromatic amines is 1. The molecule has 0 unspecified atom stereocenters. The molecule has 122 valence electrons. The Morgan fingerprint density at radius 1 is 1.22 bits per heavy atom. The lowest BCUT2D eigenvalue weighted by atomic mass is 9.80. The smallest absolute Gasteiger partial charge is 0.306 e. The van der Waals surface area contributed by atoms with Gasteiger partial charge in [0.25, 0.3) is 5.91 Å². The maximum atomic E-state index is 12.3. The number of carboxylic acid groups (broad SMARTS) is 1. The Labute approximate surface area is 135 Å². The maximum Gasteiger partial charge on any atom is 0.306 e. The molecule has 5 nitrogen and oxygen atoms in total. The number of hydrogen-bond donors (Lipinski definition) is 3. The fourth-order valence-electron chi connectivity index (χ4n) is 2.92. The normalized spacial score (nSPS) is 21.0. The molecule has 5 heteroatoms. The topological polar surface area (TPSA) is 82.2 Å². The summed E-state index contributed by atoms with van der Waals surface area (Å²) in [6.45, 7) is 6.46. The van der Waals surface area contributed by atoms with Crippen molar-refractivity contribution < 1.29 is 14.7 Å². The predicted octanol–water partition coefficient (Wildman–Crippen LogP) is 3.06. The number of H-pyrrole nitrogens is 1. The summed E-state index contributed by atoms with van der Waals surface area (Å²) in [6.07, 6.45) is 1.02. The summed E-state index contributed by atoms with van der Waals surface area (Å²) in [5.74, 6) is -1.28. The van der Waals surface area contributed by atoms with E-state index in [2.05, 4.69) is 43.2 Å². The van der Waals surface area contributed by atoms with Gasteiger partial charge in [-0.15, -0.1) is 0 Å². The minimum atomic E-state index is -0.782. The number of fused-ring (bicyclic) bond motifs is 1. The second-order valence-corrected chi connectivity index (χ2v) is 7.41. The Kier molecular flexibility index (Phi) is 3.66. The van der Waals surface area contributed by atoms with Gasteiger partial charge < -0.3 is 15.4 Å². The molecule has 3 N–H and O–H groups in total. The average Bonchev–Trinajstić information content (AvgIpc) is 2.83. The zero-order chi connectivity index (χ0) is 16.8. The van der Waals surface area contributed by atoms with Crippen LogP contribution in [0, 0.1) is 5.92 Å². The first-order valence-electron chi connectivity index (χ1n) is 7.91. The number of benzene rings is 1. The monoisotopic (exact) mass is 314 g/mol. The van der Waals surface area contributed by atoms with E-state index in [4.69, 9.17) is 5.11 Å². The van der Waals surface area contributed by atoms with Crippen LogP contribution in [0.4, 0.5) is 0 Å². The third-order valence-electron chi connectivity index (χ3n) is 4.56. The van der Waals surface area contributed by atoms with E-state index in [1.807, 2.05) is 12.1 Å². The van der Waals surface area contributed by atoms with E-state index in [9.17, 15) is 9.59 Å². The van der Waals surface area contributed by atoms with Gasteiger partial charge in [0.2, 0.25) is 0 Å². The zero-order valence-corrected chi connectivity index (χ0v) is 13.6. The van der Waals surface area contributed by atoms with Crippen molar-refractivity contribution >= 4 is 22.8 Å². The number of aliphatic carboxylic acids is 1. The molecular weight excluding hydrogens is 292 g/mol. The SMILES string of the molecule is CC(C)(C)c1ccc2cc(C(=O)NC3CC(C(=O)O)C3)[nH]c2c1. The van der Waals surface area contributed by atoms with Crippen molar-refractivity contribution in [2.24, 2.45) is 5.92 Å². The highest BCUT2D eigenvalue weighted by Gasteiger charge is 2.35. The lowest BCUT2D eigenvalue weighted by molar-refractivity contribution is -0.145. The molecule has 0 saturated heterocycles. The van der Waals surface area contributed by atoms with Gasteiger partial charge >= 0.3 is 5.97 Å². The first kappa shape index (κ1) is 15.6. The number of hydrogen-bond acceptors (Lipinski definition) is 2. The first-order valence-corrected chi connectivity index (χ1v) is 7.91. The summed E-state index contributed by atoms with van der Waals surface area (Å²) in [5.41, 5.74) is 2.73. The van der Waals surface area contributed by atoms with Crippen molar-refractivity contribution in [2.75, 3.05) is 0 Å². The molecule has 1 aliphatic rings. The molecule has 0 bridgehead atoms. The van der Waals surface area contributed by atoms with Crippen LogP contribution in [0.5, 0.6) is 0 Å². The number of carbonyl (C=O) groups excluding carboxylic acids is 1. The van der Waals surface area contributed by atoms with Crippen molar-refractivity contribution in [1.82, 2.24) is 10.3 Å². The fourth-order valence-corrected chi connectivity index (χ4v) is 2.92. The van der Waals surface area contributed by atoms with Gasteiger partial charge in [0.05, 0.1) is 5.92 Å². The predicted molar refractivity (Wildman–Crippen MR) is 88.6 cm³/mol. The van der Waals surface area contributed by atoms with Crippen LogP contribution in [0.25, 0.3) is 10.9 Å². The second-order valence-electron chi connectivity index (χ2n) is 7.41. The van der Waals surface area contributed by atoms with Crippen molar-refractivity contribution in [1.29, 1.82) is 0 Å². The molecule has 1 aromatic carbocycles. The lowest BCUT2D eigenvalue weighted by Gasteiger charge is -2.32. The van der Waals surface area contributed by atoms with Crippen LogP contribution in [0.15, 0.2) is 24.3 Å². The van der Waals surface area contributed by atoms with Gasteiger partial charge in [0, 0.05) is 16.9 Å². The highest BCUT2D eigenvalue weighted by molar-refractivity contribution is 5.98. The summed E-state index contributed by atoms with van der Waals surface area (Å²) < 4.78 is 0. The Morgan fingerprint density at radius 2 is 1.91 bits per heavy atom. The number of carboxylic acids is 1. The number of aromatic nitrogens is 1. The Bertz CT molecular complexity index is 764. The molecule has 0 aliphatic heterocycles. The highest BCUT2D eigenvalue weighted by atomic mass is 16.4. The Hall–Kier alpha value is -2.30. The van der Waals surface area contributed by atoms with Crippen molar-refractivity contribution in [3.63, 3.8) is 0 Å². The summed E-state index contributed by atoms with van der Waals surface area (Å²) in [4.78, 5) is 26.2. The molecule has 1 fully saturated rings. The molecule has 0 spiro atoms. The van der Waals surface area contributed by atoms with E-state index >= 15 is 0 Å². The summed E-state index contributed by atoms with van der Waals surface area (Å²) >= 11 is 0. The molecule has 2 aromatic rings. The van der Waals surface area contributed by atoms with Crippen molar-refractivity contribution in [2.45, 2.75) is 45.1 Å². The van der Waals surface area contributed by atoms with E-state index in [1.54, 1.807) is 0 Å². The van der Waals surface area contributed by atoms with E-state index < -0.39 is 5.97 Å². The third kappa shape index (κ3) is 3.09. The van der Waals surface area contributed by atoms with Gasteiger partial charge in [0.1, 0.15) is 5.69 Å². The van der Waals surface area contributed by atoms with Crippen LogP contribution in [-0.4, -0.2) is 28.0 Å². The maximum absolute atomic E-state index is 12.3. The minimum absolute atomic E-state index is 0.0415. The molecule has 3 rings (SSSR count). The van der Waals surface area contributed by atoms with Gasteiger partial charge in [-0.05, 0) is 36.0 Å². The molecule has 0 atom stereocenters. The van der Waals surface area contributed by atoms with E-state index in [0.29, 0.717) is 18.5 Å². The van der Waals surface area contributed by atoms with Crippen molar-refractivity contribution in [3.05, 3.63) is 35.5 Å². The van der Waals surface area contributed by atoms with Crippen LogP contribution < -0.4 is 5.32 Å². The molecule has 1 amide bonds. The molecule has 1 aromatic heterocycles. The van der Waals surface area contributed by atoms with E-state index in [-0.39, 0.29) is 23.3 Å². The molecular formula is C18H22N2O3. The van der Waals surface area contributed by atoms with Crippen molar-refractivity contribution in [3.8, 4) is 0 Å². The standard InChI is InChI=1S/C18H22N2O3/c1-18(2,3)12-5-4-10-8-15(20-14(10)9-12)16(21)19-13-6-11(7-13)17(22)23/h4-5,8-9,11,13,20H,6-7H2,1-3H3,(H,19,21)(H,22,23). The van der Waals surface area contributed by atoms with Crippen LogP contribution in [-0.2, 0) is 10.2 Å². The first-order chi connectivity index (χ1) is 10.7. The Morgan fingerprint density at radius 3 is 2.52 bits per heavy atom. The van der Waals surface area contributed by atoms with Gasteiger partial charge in [-0.3, -0.25) is 9.59 Å². The average molecular weight is 314 g/mol. The molecule has 23 heavy (non-hydrogen) atoms. The highest BCUT2D eigenvalue weighted by Crippen LogP contribution is 2.29. The van der Waals surface area contributed by atoms with Crippen LogP contribution in [0.1, 0.15) is 49.7 Å². The van der Waals surface area contributed by atoms with E-state index in [1.165, 1.54) is 5.56 Å². The van der Waals surface area contributed by atoms with Gasteiger partial charge in [-0.2, -0.15) is 0 Å². The molecule has 0 radical (unpaired) electrons. The third-order valence-corrected chi connectivity index (χ3v) is 4.56. The molecule has 1 aliphatic carbocycles. The van der Waals surface area contributed by atoms with Gasteiger partial charge in [0.15, 0.2) is 0 Å². The van der Waals surface area contributed by atoms with Crippen LogP contribution >= 0.6 is 0 Å². The van der Waals surface area contributed by atoms with Gasteiger partial charge in [-0.25, -0.2) is 0 Å². The summed E-state index contributed by atoms with van der Waals surface area (Å²) in [7, 11) is 0. The van der Waals surface area contributed by atoms with Crippen LogP contribution in [0.2, 0.25) is 0 Å². The number of rotatable bonds is 3. The Balaban J connectivity index is 1.73. The zero-order valence-electron chi connectivity index (χ0n) is 13.6. The summed E-state index contributed by atoms with van der Waals surface area (Å²) in [6, 6.07) is 7.98. The number of nitrogens with one attached hydrogen (secondary N) is 2. The van der Waals surface area contributed by atoms with E-state index in [0.717, 1.165) is 10.9 Å². The summed E-state index contributed by atoms with van der Waals surface area (Å²) in [5, 5.41) is 12.8. The number of amides is 1. The minimum Gasteiger partial charge on any atom is -0.481 e. The van der Waals surface area contributed by atoms with Crippen LogP contribution in [0.3, 0.4) is 0 Å². The van der Waals surface area contributed by atoms with Gasteiger partial charge in [-0.1, -0.05) is 32.9 Å². The number of carbonyl (C=O) groups is 2. The quantitative estimate of drug-likeness (QED) is 0.814. The largest absolute Gasteiger partial charge is 0.481 e.